The number of hydrogen-bond donors (Lipinski definition) is 1. The van der Waals surface area contributed by atoms with Gasteiger partial charge in [0.2, 0.25) is 0 Å². The van der Waals surface area contributed by atoms with Crippen molar-refractivity contribution in [2.24, 2.45) is 11.3 Å². The number of rotatable bonds is 6. The minimum absolute atomic E-state index is 0.0634. The van der Waals surface area contributed by atoms with Crippen molar-refractivity contribution in [2.75, 3.05) is 27.2 Å². The topological polar surface area (TPSA) is 30.7 Å². The summed E-state index contributed by atoms with van der Waals surface area (Å²) in [6.45, 7) is 1.38. The van der Waals surface area contributed by atoms with Crippen molar-refractivity contribution in [3.05, 3.63) is 71.8 Å². The highest BCUT2D eigenvalue weighted by Gasteiger charge is 2.66. The first kappa shape index (κ1) is 19.8. The van der Waals surface area contributed by atoms with E-state index in [1.807, 2.05) is 0 Å². The number of quaternary nitrogens is 1. The summed E-state index contributed by atoms with van der Waals surface area (Å²) in [6.07, 6.45) is 6.47. The molecule has 3 heteroatoms. The van der Waals surface area contributed by atoms with Crippen LogP contribution in [-0.2, 0) is 20.4 Å². The molecule has 0 saturated heterocycles. The first-order valence-electron chi connectivity index (χ1n) is 11.5. The van der Waals surface area contributed by atoms with E-state index in [1.165, 1.54) is 28.9 Å². The number of nitrogens with one attached hydrogen (secondary N) is 1. The standard InChI is InChI=1S/C27H33NO2/c1-28(2)13-14-30-24(29)27-17-21-15-25(19-27,22-9-5-3-6-10-22)18-26(16-21,20-27)23-11-7-4-8-12-23/h3-12,21H,13-20H2,1-2H3/p+1/t21?,25-,26+,27?. The number of benzene rings is 2. The highest BCUT2D eigenvalue weighted by Crippen LogP contribution is 2.70. The molecule has 1 N–H and O–H groups in total. The second kappa shape index (κ2) is 7.23. The molecular formula is C27H34NO2+. The van der Waals surface area contributed by atoms with Gasteiger partial charge in [-0.15, -0.1) is 0 Å². The van der Waals surface area contributed by atoms with Gasteiger partial charge in [-0.2, -0.15) is 0 Å². The van der Waals surface area contributed by atoms with Gasteiger partial charge in [-0.1, -0.05) is 60.7 Å². The van der Waals surface area contributed by atoms with Crippen LogP contribution in [0.1, 0.15) is 49.7 Å². The van der Waals surface area contributed by atoms with E-state index in [0.29, 0.717) is 12.5 Å². The fourth-order valence-corrected chi connectivity index (χ4v) is 7.39. The highest BCUT2D eigenvalue weighted by atomic mass is 16.5. The van der Waals surface area contributed by atoms with Crippen LogP contribution in [0.3, 0.4) is 0 Å². The monoisotopic (exact) mass is 404 g/mol. The maximum atomic E-state index is 13.6. The molecule has 6 rings (SSSR count). The quantitative estimate of drug-likeness (QED) is 0.747. The number of hydrogen-bond acceptors (Lipinski definition) is 2. The molecule has 0 aromatic heterocycles. The Labute approximate surface area is 180 Å². The van der Waals surface area contributed by atoms with E-state index < -0.39 is 0 Å². The molecular weight excluding hydrogens is 370 g/mol. The number of carbonyl (C=O) groups is 1. The Hall–Kier alpha value is -2.13. The molecule has 4 fully saturated rings. The summed E-state index contributed by atoms with van der Waals surface area (Å²) in [5, 5.41) is 0. The number of carbonyl (C=O) groups excluding carboxylic acids is 1. The molecule has 0 heterocycles. The fourth-order valence-electron chi connectivity index (χ4n) is 7.39. The van der Waals surface area contributed by atoms with Crippen molar-refractivity contribution in [3.8, 4) is 0 Å². The molecule has 4 atom stereocenters. The van der Waals surface area contributed by atoms with Crippen LogP contribution in [0.5, 0.6) is 0 Å². The van der Waals surface area contributed by atoms with Crippen LogP contribution in [0, 0.1) is 11.3 Å². The summed E-state index contributed by atoms with van der Waals surface area (Å²) in [4.78, 5) is 14.9. The van der Waals surface area contributed by atoms with Crippen LogP contribution in [0.2, 0.25) is 0 Å². The third-order valence-electron chi connectivity index (χ3n) is 8.11. The van der Waals surface area contributed by atoms with Crippen molar-refractivity contribution < 1.29 is 14.4 Å². The van der Waals surface area contributed by atoms with Crippen molar-refractivity contribution in [1.82, 2.24) is 0 Å². The predicted molar refractivity (Wildman–Crippen MR) is 119 cm³/mol. The largest absolute Gasteiger partial charge is 0.459 e. The maximum absolute atomic E-state index is 13.6. The van der Waals surface area contributed by atoms with Crippen LogP contribution in [-0.4, -0.2) is 33.2 Å². The summed E-state index contributed by atoms with van der Waals surface area (Å²) in [5.41, 5.74) is 2.67. The average Bonchev–Trinajstić information content (AvgIpc) is 2.74. The molecule has 3 nitrogen and oxygen atoms in total. The van der Waals surface area contributed by atoms with Gasteiger partial charge in [-0.25, -0.2) is 0 Å². The van der Waals surface area contributed by atoms with Gasteiger partial charge in [0.25, 0.3) is 0 Å². The van der Waals surface area contributed by atoms with E-state index in [-0.39, 0.29) is 22.2 Å². The molecule has 0 radical (unpaired) electrons. The SMILES string of the molecule is C[NH+](C)CCOC(=O)C12CC3C[C@](c4ccccc4)(C1)C[C@@](c1ccccc1)(C3)C2. The molecule has 2 aromatic rings. The Balaban J connectivity index is 1.55. The van der Waals surface area contributed by atoms with E-state index >= 15 is 0 Å². The molecule has 4 bridgehead atoms. The lowest BCUT2D eigenvalue weighted by atomic mass is 9.37. The molecule has 0 amide bonds. The Morgan fingerprint density at radius 3 is 1.90 bits per heavy atom. The molecule has 4 saturated carbocycles. The van der Waals surface area contributed by atoms with Gasteiger partial charge in [-0.3, -0.25) is 4.79 Å². The van der Waals surface area contributed by atoms with Crippen LogP contribution in [0.15, 0.2) is 60.7 Å². The zero-order valence-corrected chi connectivity index (χ0v) is 18.3. The molecule has 30 heavy (non-hydrogen) atoms. The Morgan fingerprint density at radius 2 is 1.40 bits per heavy atom. The van der Waals surface area contributed by atoms with Gasteiger partial charge in [0.05, 0.1) is 19.5 Å². The van der Waals surface area contributed by atoms with Crippen LogP contribution in [0.25, 0.3) is 0 Å². The number of esters is 1. The zero-order chi connectivity index (χ0) is 20.8. The summed E-state index contributed by atoms with van der Waals surface area (Å²) in [5.74, 6) is 0.655. The zero-order valence-electron chi connectivity index (χ0n) is 18.3. The van der Waals surface area contributed by atoms with E-state index in [2.05, 4.69) is 74.8 Å². The number of ether oxygens (including phenoxy) is 1. The van der Waals surface area contributed by atoms with Gasteiger partial charge < -0.3 is 9.64 Å². The van der Waals surface area contributed by atoms with Crippen LogP contribution < -0.4 is 4.90 Å². The van der Waals surface area contributed by atoms with Gasteiger partial charge in [-0.05, 0) is 66.4 Å². The molecule has 0 aliphatic heterocycles. The molecule has 2 unspecified atom stereocenters. The lowest BCUT2D eigenvalue weighted by Gasteiger charge is -2.66. The van der Waals surface area contributed by atoms with Crippen LogP contribution in [0.4, 0.5) is 0 Å². The summed E-state index contributed by atoms with van der Waals surface area (Å²) in [7, 11) is 4.21. The normalized spacial score (nSPS) is 34.3. The molecule has 4 aliphatic rings. The minimum atomic E-state index is -0.341. The van der Waals surface area contributed by atoms with Crippen molar-refractivity contribution in [2.45, 2.75) is 49.4 Å². The predicted octanol–water partition coefficient (Wildman–Crippen LogP) is 3.53. The third kappa shape index (κ3) is 3.19. The molecule has 2 aromatic carbocycles. The summed E-state index contributed by atoms with van der Waals surface area (Å²) < 4.78 is 5.94. The van der Waals surface area contributed by atoms with Crippen molar-refractivity contribution in [1.29, 1.82) is 0 Å². The van der Waals surface area contributed by atoms with Gasteiger partial charge in [0, 0.05) is 0 Å². The lowest BCUT2D eigenvalue weighted by molar-refractivity contribution is -0.858. The Morgan fingerprint density at radius 1 is 0.867 bits per heavy atom. The van der Waals surface area contributed by atoms with Gasteiger partial charge >= 0.3 is 5.97 Å². The smallest absolute Gasteiger partial charge is 0.312 e. The summed E-state index contributed by atoms with van der Waals surface area (Å²) in [6, 6.07) is 22.0. The molecule has 4 aliphatic carbocycles. The highest BCUT2D eigenvalue weighted by molar-refractivity contribution is 5.78. The minimum Gasteiger partial charge on any atom is -0.459 e. The van der Waals surface area contributed by atoms with Crippen LogP contribution >= 0.6 is 0 Å². The first-order chi connectivity index (χ1) is 14.5. The number of likely N-dealkylation sites (N-methyl/N-ethyl adjacent to an activating group) is 1. The lowest BCUT2D eigenvalue weighted by Crippen LogP contribution is -3.06. The first-order valence-corrected chi connectivity index (χ1v) is 11.5. The van der Waals surface area contributed by atoms with E-state index in [1.54, 1.807) is 0 Å². The van der Waals surface area contributed by atoms with Gasteiger partial charge in [0.15, 0.2) is 0 Å². The third-order valence-corrected chi connectivity index (χ3v) is 8.11. The Kier molecular flexibility index (Phi) is 4.77. The maximum Gasteiger partial charge on any atom is 0.312 e. The van der Waals surface area contributed by atoms with E-state index in [0.717, 1.165) is 32.2 Å². The van der Waals surface area contributed by atoms with E-state index in [4.69, 9.17) is 4.74 Å². The second-order valence-electron chi connectivity index (χ2n) is 10.7. The molecule has 158 valence electrons. The van der Waals surface area contributed by atoms with Crippen molar-refractivity contribution in [3.63, 3.8) is 0 Å². The average molecular weight is 405 g/mol. The molecule has 0 spiro atoms. The fraction of sp³-hybridized carbons (Fsp3) is 0.519. The van der Waals surface area contributed by atoms with Crippen molar-refractivity contribution >= 4 is 5.97 Å². The van der Waals surface area contributed by atoms with E-state index in [9.17, 15) is 4.79 Å². The second-order valence-corrected chi connectivity index (χ2v) is 10.7. The summed E-state index contributed by atoms with van der Waals surface area (Å²) >= 11 is 0. The Bertz CT molecular complexity index is 851. The van der Waals surface area contributed by atoms with Gasteiger partial charge in [0.1, 0.15) is 13.2 Å².